The molecule has 2 N–H and O–H groups in total. The zero-order chi connectivity index (χ0) is 25.7. The maximum absolute atomic E-state index is 13.9. The van der Waals surface area contributed by atoms with Gasteiger partial charge in [-0.25, -0.2) is 0 Å². The molecule has 6 heteroatoms. The summed E-state index contributed by atoms with van der Waals surface area (Å²) in [5.41, 5.74) is 8.59. The van der Waals surface area contributed by atoms with Gasteiger partial charge in [0.1, 0.15) is 0 Å². The number of thioether (sulfide) groups is 1. The highest BCUT2D eigenvalue weighted by molar-refractivity contribution is 8.02. The van der Waals surface area contributed by atoms with E-state index in [1.54, 1.807) is 32.2 Å². The number of carbonyl (C=O) groups excluding carboxylic acids is 1. The molecule has 1 heterocycles. The van der Waals surface area contributed by atoms with Gasteiger partial charge >= 0.3 is 0 Å². The summed E-state index contributed by atoms with van der Waals surface area (Å²) >= 11 is 1.66. The molecule has 0 aliphatic carbocycles. The van der Waals surface area contributed by atoms with E-state index in [9.17, 15) is 4.79 Å². The third kappa shape index (κ3) is 10.2. The molecule has 0 radical (unpaired) electrons. The predicted octanol–water partition coefficient (Wildman–Crippen LogP) is 5.72. The van der Waals surface area contributed by atoms with Gasteiger partial charge < -0.3 is 20.1 Å². The van der Waals surface area contributed by atoms with Crippen molar-refractivity contribution >= 4 is 17.7 Å². The summed E-state index contributed by atoms with van der Waals surface area (Å²) in [5.74, 6) is 1.61. The third-order valence-electron chi connectivity index (χ3n) is 5.90. The summed E-state index contributed by atoms with van der Waals surface area (Å²) in [6.45, 7) is 16.6. The molecule has 0 spiro atoms. The fraction of sp³-hybridized carbons (Fsp3) is 0.607. The molecule has 2 atom stereocenters. The van der Waals surface area contributed by atoms with Crippen molar-refractivity contribution < 1.29 is 14.3 Å². The first-order chi connectivity index (χ1) is 16.0. The molecule has 1 amide bonds. The van der Waals surface area contributed by atoms with Crippen LogP contribution in [0.1, 0.15) is 47.5 Å². The van der Waals surface area contributed by atoms with E-state index in [2.05, 4.69) is 47.3 Å². The van der Waals surface area contributed by atoms with Crippen LogP contribution >= 0.6 is 11.8 Å². The monoisotopic (exact) mass is 490 g/mol. The summed E-state index contributed by atoms with van der Waals surface area (Å²) in [6, 6.07) is 0.0448. The number of rotatable bonds is 13. The maximum Gasteiger partial charge on any atom is 0.250 e. The Hall–Kier alpha value is -1.76. The Bertz CT molecular complexity index is 775. The Morgan fingerprint density at radius 2 is 2.03 bits per heavy atom. The van der Waals surface area contributed by atoms with E-state index in [4.69, 9.17) is 15.2 Å². The van der Waals surface area contributed by atoms with E-state index in [0.717, 1.165) is 23.3 Å². The van der Waals surface area contributed by atoms with E-state index >= 15 is 0 Å². The molecule has 34 heavy (non-hydrogen) atoms. The van der Waals surface area contributed by atoms with Crippen LogP contribution in [-0.2, 0) is 14.3 Å². The molecule has 0 fully saturated rings. The molecule has 1 aliphatic heterocycles. The van der Waals surface area contributed by atoms with E-state index in [-0.39, 0.29) is 23.3 Å². The van der Waals surface area contributed by atoms with Crippen LogP contribution in [0.3, 0.4) is 0 Å². The fourth-order valence-electron chi connectivity index (χ4n) is 3.80. The average Bonchev–Trinajstić information content (AvgIpc) is 2.76. The van der Waals surface area contributed by atoms with Gasteiger partial charge in [0.15, 0.2) is 0 Å². The van der Waals surface area contributed by atoms with Gasteiger partial charge in [-0.2, -0.15) is 0 Å². The fourth-order valence-corrected chi connectivity index (χ4v) is 4.57. The van der Waals surface area contributed by atoms with Crippen LogP contribution in [-0.4, -0.2) is 56.6 Å². The zero-order valence-corrected chi connectivity index (χ0v) is 23.1. The number of amides is 1. The molecular weight excluding hydrogens is 444 g/mol. The van der Waals surface area contributed by atoms with Crippen LogP contribution in [0.25, 0.3) is 0 Å². The minimum Gasteiger partial charge on any atom is -0.404 e. The lowest BCUT2D eigenvalue weighted by molar-refractivity contribution is -0.129. The van der Waals surface area contributed by atoms with Crippen LogP contribution < -0.4 is 5.73 Å². The van der Waals surface area contributed by atoms with Crippen molar-refractivity contribution in [2.24, 2.45) is 23.0 Å². The molecular formula is C28H46N2O3S. The number of nitrogens with two attached hydrogens (primary N) is 1. The van der Waals surface area contributed by atoms with E-state index in [1.165, 1.54) is 5.57 Å². The normalized spacial score (nSPS) is 19.9. The highest BCUT2D eigenvalue weighted by Crippen LogP contribution is 2.31. The molecule has 192 valence electrons. The second kappa shape index (κ2) is 15.3. The van der Waals surface area contributed by atoms with Crippen molar-refractivity contribution in [1.29, 1.82) is 0 Å². The summed E-state index contributed by atoms with van der Waals surface area (Å²) in [4.78, 5) is 15.9. The second-order valence-electron chi connectivity index (χ2n) is 10.3. The van der Waals surface area contributed by atoms with E-state index < -0.39 is 0 Å². The van der Waals surface area contributed by atoms with Crippen LogP contribution in [0.4, 0.5) is 0 Å². The van der Waals surface area contributed by atoms with Crippen LogP contribution in [0.2, 0.25) is 0 Å². The summed E-state index contributed by atoms with van der Waals surface area (Å²) in [6.07, 6.45) is 11.3. The largest absolute Gasteiger partial charge is 0.404 e. The molecule has 1 rings (SSSR count). The standard InChI is InChI=1S/C28H46N2O3S/c1-21(2)16-26-17-24(19-33-8)25(20-34-15-13-29)18-30(26)27(31)23(12-14-32-7)11-9-10-22(3)28(4,5)6/h9-10,12-13,15,17,21,25-26H,3,11,14,16,18-20,29H2,1-2,4-8H3/b10-9-,15-13-,23-12+/t25-,26?/m0/s1. The molecule has 1 unspecified atom stereocenters. The number of carbonyl (C=O) groups is 1. The first-order valence-electron chi connectivity index (χ1n) is 12.1. The van der Waals surface area contributed by atoms with Gasteiger partial charge in [-0.05, 0) is 41.2 Å². The molecule has 1 aliphatic rings. The van der Waals surface area contributed by atoms with Crippen LogP contribution in [0.15, 0.2) is 59.2 Å². The van der Waals surface area contributed by atoms with Gasteiger partial charge in [-0.3, -0.25) is 4.79 Å². The van der Waals surface area contributed by atoms with Crippen molar-refractivity contribution in [1.82, 2.24) is 4.90 Å². The molecule has 0 saturated carbocycles. The minimum atomic E-state index is -0.00243. The van der Waals surface area contributed by atoms with Gasteiger partial charge in [0, 0.05) is 44.2 Å². The lowest BCUT2D eigenvalue weighted by atomic mass is 9.87. The molecule has 0 aromatic rings. The smallest absolute Gasteiger partial charge is 0.250 e. The number of hydrogen-bond acceptors (Lipinski definition) is 5. The van der Waals surface area contributed by atoms with Gasteiger partial charge in [0.25, 0.3) is 0 Å². The zero-order valence-electron chi connectivity index (χ0n) is 22.3. The van der Waals surface area contributed by atoms with E-state index in [0.29, 0.717) is 32.1 Å². The quantitative estimate of drug-likeness (QED) is 0.203. The van der Waals surface area contributed by atoms with Gasteiger partial charge in [-0.15, -0.1) is 11.8 Å². The summed E-state index contributed by atoms with van der Waals surface area (Å²) < 4.78 is 10.8. The number of hydrogen-bond donors (Lipinski definition) is 1. The Balaban J connectivity index is 3.24. The topological polar surface area (TPSA) is 64.8 Å². The number of methoxy groups -OCH3 is 2. The molecule has 0 saturated heterocycles. The van der Waals surface area contributed by atoms with Crippen molar-refractivity contribution in [3.63, 3.8) is 0 Å². The van der Waals surface area contributed by atoms with Gasteiger partial charge in [0.05, 0.1) is 19.3 Å². The Kier molecular flexibility index (Phi) is 13.6. The van der Waals surface area contributed by atoms with Crippen LogP contribution in [0.5, 0.6) is 0 Å². The average molecular weight is 491 g/mol. The summed E-state index contributed by atoms with van der Waals surface area (Å²) in [5, 5.41) is 1.90. The van der Waals surface area contributed by atoms with Crippen molar-refractivity contribution in [2.75, 3.05) is 39.7 Å². The van der Waals surface area contributed by atoms with Gasteiger partial charge in [-0.1, -0.05) is 65.0 Å². The van der Waals surface area contributed by atoms with Crippen molar-refractivity contribution in [3.05, 3.63) is 59.2 Å². The Labute approximate surface area is 212 Å². The predicted molar refractivity (Wildman–Crippen MR) is 147 cm³/mol. The second-order valence-corrected chi connectivity index (χ2v) is 11.2. The first kappa shape index (κ1) is 30.3. The maximum atomic E-state index is 13.9. The Morgan fingerprint density at radius 1 is 1.32 bits per heavy atom. The molecule has 0 aromatic heterocycles. The molecule has 5 nitrogen and oxygen atoms in total. The highest BCUT2D eigenvalue weighted by Gasteiger charge is 2.33. The van der Waals surface area contributed by atoms with E-state index in [1.807, 2.05) is 28.5 Å². The highest BCUT2D eigenvalue weighted by atomic mass is 32.2. The number of nitrogens with zero attached hydrogens (tertiary/aromatic N) is 1. The third-order valence-corrected chi connectivity index (χ3v) is 6.84. The lowest BCUT2D eigenvalue weighted by Crippen LogP contribution is -2.48. The summed E-state index contributed by atoms with van der Waals surface area (Å²) in [7, 11) is 3.37. The van der Waals surface area contributed by atoms with Crippen molar-refractivity contribution in [2.45, 2.75) is 53.5 Å². The Morgan fingerprint density at radius 3 is 2.59 bits per heavy atom. The van der Waals surface area contributed by atoms with Crippen LogP contribution in [0, 0.1) is 17.3 Å². The first-order valence-corrected chi connectivity index (χ1v) is 13.1. The lowest BCUT2D eigenvalue weighted by Gasteiger charge is -2.40. The molecule has 0 aromatic carbocycles. The number of ether oxygens (including phenoxy) is 2. The van der Waals surface area contributed by atoms with Crippen molar-refractivity contribution in [3.8, 4) is 0 Å². The minimum absolute atomic E-state index is 0.00243. The van der Waals surface area contributed by atoms with Gasteiger partial charge in [0.2, 0.25) is 5.91 Å². The molecule has 0 bridgehead atoms. The SMILES string of the molecule is C=C(/C=C\C/C(=C\COC)C(=O)N1C[C@@H](CS/C=C\N)C(COC)=CC1CC(C)C)C(C)(C)C. The number of allylic oxidation sites excluding steroid dienone is 3.